The maximum absolute atomic E-state index is 2.42. The maximum atomic E-state index is 2.42. The largest absolute Gasteiger partial charge is 0.310 e. The van der Waals surface area contributed by atoms with Crippen LogP contribution in [0, 0.1) is 0 Å². The standard InChI is InChI=1S/C61H41N/c1-3-17-48(18-4-1)61(49-19-5-2-6-20-49)59-25-12-11-22-57(59)58-41-52(37-39-60(58)61)62(50-33-28-43(29-34-50)47-27-26-42-14-7-8-16-46(42)40-47)51-35-30-45(31-36-51)54-23-13-24-55-53-21-10-9-15-44(53)32-38-56(54)55/h1-41H. The number of anilines is 3. The molecule has 0 atom stereocenters. The molecule has 0 radical (unpaired) electrons. The van der Waals surface area contributed by atoms with Gasteiger partial charge in [-0.3, -0.25) is 0 Å². The number of benzene rings is 11. The van der Waals surface area contributed by atoms with Crippen LogP contribution >= 0.6 is 0 Å². The molecule has 1 aliphatic rings. The molecule has 12 rings (SSSR count). The highest BCUT2D eigenvalue weighted by Gasteiger charge is 2.46. The zero-order valence-electron chi connectivity index (χ0n) is 34.1. The SMILES string of the molecule is c1ccc(C2(c3ccccc3)c3ccccc3-c3cc(N(c4ccc(-c5ccc6ccccc6c5)cc4)c4ccc(-c5cccc6c5ccc5ccccc56)cc4)ccc32)cc1. The molecule has 0 bridgehead atoms. The molecule has 0 spiro atoms. The predicted octanol–water partition coefficient (Wildman–Crippen LogP) is 16.3. The number of hydrogen-bond acceptors (Lipinski definition) is 1. The highest BCUT2D eigenvalue weighted by molar-refractivity contribution is 6.12. The van der Waals surface area contributed by atoms with E-state index < -0.39 is 5.41 Å². The van der Waals surface area contributed by atoms with E-state index in [9.17, 15) is 0 Å². The van der Waals surface area contributed by atoms with Gasteiger partial charge in [-0.25, -0.2) is 0 Å². The average molecular weight is 788 g/mol. The topological polar surface area (TPSA) is 3.24 Å². The fourth-order valence-electron chi connectivity index (χ4n) is 10.3. The molecule has 1 aliphatic carbocycles. The first-order chi connectivity index (χ1) is 30.7. The summed E-state index contributed by atoms with van der Waals surface area (Å²) in [4.78, 5) is 2.42. The Kier molecular flexibility index (Phi) is 8.47. The first kappa shape index (κ1) is 35.9. The third-order valence-corrected chi connectivity index (χ3v) is 13.1. The predicted molar refractivity (Wildman–Crippen MR) is 262 cm³/mol. The van der Waals surface area contributed by atoms with Gasteiger partial charge in [0, 0.05) is 17.1 Å². The van der Waals surface area contributed by atoms with Gasteiger partial charge in [-0.1, -0.05) is 206 Å². The van der Waals surface area contributed by atoms with Crippen molar-refractivity contribution in [2.75, 3.05) is 4.90 Å². The quantitative estimate of drug-likeness (QED) is 0.145. The number of nitrogens with zero attached hydrogens (tertiary/aromatic N) is 1. The van der Waals surface area contributed by atoms with Crippen molar-refractivity contribution in [1.29, 1.82) is 0 Å². The number of fused-ring (bicyclic) bond motifs is 7. The minimum absolute atomic E-state index is 0.454. The third-order valence-electron chi connectivity index (χ3n) is 13.1. The van der Waals surface area contributed by atoms with Gasteiger partial charge in [0.05, 0.1) is 5.41 Å². The number of rotatable bonds is 7. The molecule has 11 aromatic carbocycles. The van der Waals surface area contributed by atoms with Gasteiger partial charge in [-0.05, 0) is 130 Å². The van der Waals surface area contributed by atoms with Gasteiger partial charge in [0.25, 0.3) is 0 Å². The van der Waals surface area contributed by atoms with Crippen molar-refractivity contribution in [3.63, 3.8) is 0 Å². The zero-order valence-corrected chi connectivity index (χ0v) is 34.1. The van der Waals surface area contributed by atoms with E-state index in [1.807, 2.05) is 0 Å². The lowest BCUT2D eigenvalue weighted by atomic mass is 9.68. The minimum atomic E-state index is -0.454. The van der Waals surface area contributed by atoms with Gasteiger partial charge in [-0.2, -0.15) is 0 Å². The molecule has 0 aliphatic heterocycles. The summed E-state index contributed by atoms with van der Waals surface area (Å²) < 4.78 is 0. The maximum Gasteiger partial charge on any atom is 0.0713 e. The van der Waals surface area contributed by atoms with E-state index in [0.29, 0.717) is 0 Å². The van der Waals surface area contributed by atoms with Crippen molar-refractivity contribution < 1.29 is 0 Å². The van der Waals surface area contributed by atoms with Gasteiger partial charge in [0.1, 0.15) is 0 Å². The van der Waals surface area contributed by atoms with Crippen LogP contribution in [0.1, 0.15) is 22.3 Å². The van der Waals surface area contributed by atoms with E-state index in [2.05, 4.69) is 254 Å². The number of hydrogen-bond donors (Lipinski definition) is 0. The Hall–Kier alpha value is -8.00. The summed E-state index contributed by atoms with van der Waals surface area (Å²) in [6, 6.07) is 91.6. The van der Waals surface area contributed by atoms with Crippen LogP contribution in [0.25, 0.3) is 65.7 Å². The first-order valence-electron chi connectivity index (χ1n) is 21.5. The zero-order chi connectivity index (χ0) is 41.0. The highest BCUT2D eigenvalue weighted by atomic mass is 15.1. The molecule has 0 aromatic heterocycles. The summed E-state index contributed by atoms with van der Waals surface area (Å²) >= 11 is 0. The minimum Gasteiger partial charge on any atom is -0.310 e. The van der Waals surface area contributed by atoms with Gasteiger partial charge >= 0.3 is 0 Å². The monoisotopic (exact) mass is 787 g/mol. The molecule has 0 unspecified atom stereocenters. The molecule has 0 saturated carbocycles. The van der Waals surface area contributed by atoms with Crippen molar-refractivity contribution in [1.82, 2.24) is 0 Å². The molecule has 11 aromatic rings. The molecule has 62 heavy (non-hydrogen) atoms. The Morgan fingerprint density at radius 1 is 0.258 bits per heavy atom. The van der Waals surface area contributed by atoms with Crippen LogP contribution in [-0.4, -0.2) is 0 Å². The normalized spacial score (nSPS) is 12.6. The van der Waals surface area contributed by atoms with Crippen LogP contribution in [0.15, 0.2) is 249 Å². The van der Waals surface area contributed by atoms with Crippen molar-refractivity contribution in [2.24, 2.45) is 0 Å². The fourth-order valence-corrected chi connectivity index (χ4v) is 10.3. The van der Waals surface area contributed by atoms with Crippen LogP contribution in [0.3, 0.4) is 0 Å². The highest BCUT2D eigenvalue weighted by Crippen LogP contribution is 2.57. The van der Waals surface area contributed by atoms with Crippen molar-refractivity contribution in [3.8, 4) is 33.4 Å². The van der Waals surface area contributed by atoms with Gasteiger partial charge in [-0.15, -0.1) is 0 Å². The summed E-state index contributed by atoms with van der Waals surface area (Å²) in [6.45, 7) is 0. The van der Waals surface area contributed by atoms with Crippen molar-refractivity contribution in [2.45, 2.75) is 5.41 Å². The van der Waals surface area contributed by atoms with E-state index in [1.54, 1.807) is 0 Å². The Morgan fingerprint density at radius 3 is 1.53 bits per heavy atom. The van der Waals surface area contributed by atoms with E-state index in [0.717, 1.165) is 17.1 Å². The van der Waals surface area contributed by atoms with Gasteiger partial charge in [0.2, 0.25) is 0 Å². The molecule has 0 heterocycles. The molecule has 1 heteroatoms. The molecule has 0 N–H and O–H groups in total. The van der Waals surface area contributed by atoms with E-state index in [4.69, 9.17) is 0 Å². The second-order valence-corrected chi connectivity index (χ2v) is 16.4. The van der Waals surface area contributed by atoms with E-state index in [-0.39, 0.29) is 0 Å². The van der Waals surface area contributed by atoms with E-state index >= 15 is 0 Å². The van der Waals surface area contributed by atoms with Crippen molar-refractivity contribution in [3.05, 3.63) is 271 Å². The Morgan fingerprint density at radius 2 is 0.790 bits per heavy atom. The Bertz CT molecular complexity index is 3400. The summed E-state index contributed by atoms with van der Waals surface area (Å²) in [7, 11) is 0. The second kappa shape index (κ2) is 14.6. The summed E-state index contributed by atoms with van der Waals surface area (Å²) in [5.74, 6) is 0. The lowest BCUT2D eigenvalue weighted by molar-refractivity contribution is 0.768. The van der Waals surface area contributed by atoms with Gasteiger partial charge < -0.3 is 4.90 Å². The second-order valence-electron chi connectivity index (χ2n) is 16.4. The third kappa shape index (κ3) is 5.70. The molecular weight excluding hydrogens is 747 g/mol. The average Bonchev–Trinajstić information content (AvgIpc) is 3.65. The fraction of sp³-hybridized carbons (Fsp3) is 0.0164. The molecule has 1 nitrogen and oxygen atoms in total. The lowest BCUT2D eigenvalue weighted by Gasteiger charge is -2.34. The summed E-state index contributed by atoms with van der Waals surface area (Å²) in [5, 5.41) is 7.58. The van der Waals surface area contributed by atoms with Crippen LogP contribution in [0.4, 0.5) is 17.1 Å². The molecular formula is C61H41N. The van der Waals surface area contributed by atoms with Crippen LogP contribution < -0.4 is 4.90 Å². The Labute approximate surface area is 362 Å². The molecule has 0 saturated heterocycles. The lowest BCUT2D eigenvalue weighted by Crippen LogP contribution is -2.28. The molecule has 290 valence electrons. The van der Waals surface area contributed by atoms with Crippen LogP contribution in [-0.2, 0) is 5.41 Å². The summed E-state index contributed by atoms with van der Waals surface area (Å²) in [5.41, 5.74) is 15.3. The van der Waals surface area contributed by atoms with Gasteiger partial charge in [0.15, 0.2) is 0 Å². The van der Waals surface area contributed by atoms with Crippen molar-refractivity contribution >= 4 is 49.4 Å². The van der Waals surface area contributed by atoms with Crippen LogP contribution in [0.5, 0.6) is 0 Å². The van der Waals surface area contributed by atoms with Crippen LogP contribution in [0.2, 0.25) is 0 Å². The summed E-state index contributed by atoms with van der Waals surface area (Å²) in [6.07, 6.45) is 0. The first-order valence-corrected chi connectivity index (χ1v) is 21.5. The molecule has 0 fully saturated rings. The smallest absolute Gasteiger partial charge is 0.0713 e. The van der Waals surface area contributed by atoms with E-state index in [1.165, 1.54) is 88.0 Å². The molecule has 0 amide bonds. The Balaban J connectivity index is 1.02.